The molecule has 0 saturated carbocycles. The normalized spacial score (nSPS) is 18.8. The topological polar surface area (TPSA) is 83.9 Å². The Labute approximate surface area is 163 Å². The highest BCUT2D eigenvalue weighted by Gasteiger charge is 2.32. The molecule has 1 unspecified atom stereocenters. The molecule has 4 heterocycles. The van der Waals surface area contributed by atoms with E-state index in [9.17, 15) is 8.42 Å². The van der Waals surface area contributed by atoms with Gasteiger partial charge >= 0.3 is 0 Å². The molecule has 0 aromatic carbocycles. The fourth-order valence-electron chi connectivity index (χ4n) is 3.62. The molecular formula is C18H23N5O2S2. The molecule has 1 aliphatic heterocycles. The Morgan fingerprint density at radius 3 is 2.89 bits per heavy atom. The van der Waals surface area contributed by atoms with E-state index in [1.807, 2.05) is 30.7 Å². The van der Waals surface area contributed by atoms with Crippen molar-refractivity contribution in [2.75, 3.05) is 13.1 Å². The van der Waals surface area contributed by atoms with Crippen LogP contribution in [0.5, 0.6) is 0 Å². The summed E-state index contributed by atoms with van der Waals surface area (Å²) < 4.78 is 30.3. The molecule has 0 amide bonds. The molecule has 1 N–H and O–H groups in total. The minimum Gasteiger partial charge on any atom is -0.337 e. The van der Waals surface area contributed by atoms with Crippen molar-refractivity contribution < 1.29 is 8.42 Å². The van der Waals surface area contributed by atoms with E-state index >= 15 is 0 Å². The Kier molecular flexibility index (Phi) is 4.92. The molecule has 144 valence electrons. The number of hydrogen-bond donors (Lipinski definition) is 1. The van der Waals surface area contributed by atoms with Gasteiger partial charge in [-0.2, -0.15) is 9.40 Å². The summed E-state index contributed by atoms with van der Waals surface area (Å²) in [4.78, 5) is 6.17. The van der Waals surface area contributed by atoms with Crippen LogP contribution in [0.2, 0.25) is 0 Å². The van der Waals surface area contributed by atoms with E-state index < -0.39 is 10.0 Å². The van der Waals surface area contributed by atoms with Crippen molar-refractivity contribution in [1.82, 2.24) is 24.1 Å². The zero-order chi connectivity index (χ0) is 19.0. The SMILES string of the molecule is Cc1cc(-c2cc(S(=O)(=O)N3CCCC(Cn4ccnc4)C3)c(C)s2)n[nH]1. The van der Waals surface area contributed by atoms with Crippen LogP contribution < -0.4 is 0 Å². The summed E-state index contributed by atoms with van der Waals surface area (Å²) in [6.07, 6.45) is 7.38. The van der Waals surface area contributed by atoms with E-state index in [0.717, 1.165) is 40.5 Å². The number of sulfonamides is 1. The Balaban J connectivity index is 1.56. The molecule has 1 aliphatic rings. The van der Waals surface area contributed by atoms with Gasteiger partial charge in [-0.3, -0.25) is 5.10 Å². The third-order valence-corrected chi connectivity index (χ3v) is 8.15. The van der Waals surface area contributed by atoms with Crippen molar-refractivity contribution in [3.63, 3.8) is 0 Å². The zero-order valence-corrected chi connectivity index (χ0v) is 17.1. The van der Waals surface area contributed by atoms with Gasteiger partial charge in [0.25, 0.3) is 0 Å². The largest absolute Gasteiger partial charge is 0.337 e. The maximum absolute atomic E-state index is 13.3. The average molecular weight is 406 g/mol. The van der Waals surface area contributed by atoms with Gasteiger partial charge in [-0.1, -0.05) is 0 Å². The van der Waals surface area contributed by atoms with E-state index in [4.69, 9.17) is 0 Å². The summed E-state index contributed by atoms with van der Waals surface area (Å²) in [7, 11) is -3.50. The third kappa shape index (κ3) is 3.71. The second-order valence-electron chi connectivity index (χ2n) is 7.10. The van der Waals surface area contributed by atoms with Crippen LogP contribution in [0.3, 0.4) is 0 Å². The molecule has 7 nitrogen and oxygen atoms in total. The molecule has 3 aromatic rings. The van der Waals surface area contributed by atoms with Gasteiger partial charge in [-0.05, 0) is 44.7 Å². The van der Waals surface area contributed by atoms with Crippen molar-refractivity contribution in [3.05, 3.63) is 41.4 Å². The summed E-state index contributed by atoms with van der Waals surface area (Å²) >= 11 is 1.48. The molecule has 1 saturated heterocycles. The van der Waals surface area contributed by atoms with E-state index in [2.05, 4.69) is 15.2 Å². The Hall–Kier alpha value is -1.97. The molecule has 3 aromatic heterocycles. The molecule has 4 rings (SSSR count). The lowest BCUT2D eigenvalue weighted by molar-refractivity contribution is 0.245. The first-order valence-corrected chi connectivity index (χ1v) is 11.3. The fraction of sp³-hybridized carbons (Fsp3) is 0.444. The van der Waals surface area contributed by atoms with Crippen molar-refractivity contribution in [1.29, 1.82) is 0 Å². The first kappa shape index (κ1) is 18.4. The summed E-state index contributed by atoms with van der Waals surface area (Å²) in [5.74, 6) is 0.301. The first-order chi connectivity index (χ1) is 12.9. The lowest BCUT2D eigenvalue weighted by Gasteiger charge is -2.32. The van der Waals surface area contributed by atoms with Crippen LogP contribution in [0, 0.1) is 19.8 Å². The van der Waals surface area contributed by atoms with Crippen molar-refractivity contribution in [2.24, 2.45) is 5.92 Å². The lowest BCUT2D eigenvalue weighted by Crippen LogP contribution is -2.41. The smallest absolute Gasteiger partial charge is 0.244 e. The van der Waals surface area contributed by atoms with Gasteiger partial charge < -0.3 is 4.57 Å². The van der Waals surface area contributed by atoms with Crippen LogP contribution in [0.4, 0.5) is 0 Å². The summed E-state index contributed by atoms with van der Waals surface area (Å²) in [6, 6.07) is 3.70. The Morgan fingerprint density at radius 2 is 2.19 bits per heavy atom. The fourth-order valence-corrected chi connectivity index (χ4v) is 6.69. The monoisotopic (exact) mass is 405 g/mol. The summed E-state index contributed by atoms with van der Waals surface area (Å²) in [5.41, 5.74) is 1.75. The molecule has 9 heteroatoms. The highest BCUT2D eigenvalue weighted by Crippen LogP contribution is 2.35. The van der Waals surface area contributed by atoms with E-state index in [-0.39, 0.29) is 0 Å². The maximum Gasteiger partial charge on any atom is 0.244 e. The molecule has 0 spiro atoms. The zero-order valence-electron chi connectivity index (χ0n) is 15.4. The average Bonchev–Trinajstić information content (AvgIpc) is 3.37. The third-order valence-electron chi connectivity index (χ3n) is 4.96. The number of aryl methyl sites for hydroxylation is 2. The van der Waals surface area contributed by atoms with Gasteiger partial charge in [-0.15, -0.1) is 11.3 Å². The van der Waals surface area contributed by atoms with Crippen LogP contribution in [0.25, 0.3) is 10.6 Å². The number of thiophene rings is 1. The van der Waals surface area contributed by atoms with Gasteiger partial charge in [0.15, 0.2) is 0 Å². The van der Waals surface area contributed by atoms with Gasteiger partial charge in [0.2, 0.25) is 10.0 Å². The lowest BCUT2D eigenvalue weighted by atomic mass is 10.00. The number of aromatic nitrogens is 4. The van der Waals surface area contributed by atoms with Crippen LogP contribution in [0.15, 0.2) is 35.7 Å². The number of hydrogen-bond acceptors (Lipinski definition) is 5. The van der Waals surface area contributed by atoms with E-state index in [1.54, 1.807) is 22.9 Å². The highest BCUT2D eigenvalue weighted by molar-refractivity contribution is 7.89. The molecule has 1 atom stereocenters. The molecular weight excluding hydrogens is 382 g/mol. The first-order valence-electron chi connectivity index (χ1n) is 9.02. The molecule has 27 heavy (non-hydrogen) atoms. The minimum atomic E-state index is -3.50. The molecule has 1 fully saturated rings. The van der Waals surface area contributed by atoms with Crippen molar-refractivity contribution in [2.45, 2.75) is 38.1 Å². The summed E-state index contributed by atoms with van der Waals surface area (Å²) in [5, 5.41) is 7.17. The Morgan fingerprint density at radius 1 is 1.33 bits per heavy atom. The van der Waals surface area contributed by atoms with Crippen molar-refractivity contribution >= 4 is 21.4 Å². The van der Waals surface area contributed by atoms with Crippen LogP contribution >= 0.6 is 11.3 Å². The minimum absolute atomic E-state index is 0.301. The highest BCUT2D eigenvalue weighted by atomic mass is 32.2. The van der Waals surface area contributed by atoms with Crippen LogP contribution in [0.1, 0.15) is 23.4 Å². The van der Waals surface area contributed by atoms with Crippen LogP contribution in [-0.2, 0) is 16.6 Å². The molecule has 0 bridgehead atoms. The predicted octanol–water partition coefficient (Wildman–Crippen LogP) is 3.05. The number of aromatic amines is 1. The summed E-state index contributed by atoms with van der Waals surface area (Å²) in [6.45, 7) is 5.73. The van der Waals surface area contributed by atoms with Crippen LogP contribution in [-0.4, -0.2) is 45.6 Å². The second-order valence-corrected chi connectivity index (χ2v) is 10.3. The maximum atomic E-state index is 13.3. The number of piperidine rings is 1. The molecule has 0 aliphatic carbocycles. The second kappa shape index (κ2) is 7.21. The van der Waals surface area contributed by atoms with Gasteiger partial charge in [0.05, 0.1) is 16.1 Å². The number of H-pyrrole nitrogens is 1. The Bertz CT molecular complexity index is 1020. The van der Waals surface area contributed by atoms with E-state index in [1.165, 1.54) is 11.3 Å². The quantitative estimate of drug-likeness (QED) is 0.707. The van der Waals surface area contributed by atoms with Crippen molar-refractivity contribution in [3.8, 4) is 10.6 Å². The predicted molar refractivity (Wildman–Crippen MR) is 105 cm³/mol. The number of nitrogens with one attached hydrogen (secondary N) is 1. The van der Waals surface area contributed by atoms with Gasteiger partial charge in [0, 0.05) is 42.6 Å². The number of imidazole rings is 1. The number of rotatable bonds is 5. The van der Waals surface area contributed by atoms with E-state index in [0.29, 0.717) is 23.9 Å². The molecule has 0 radical (unpaired) electrons. The van der Waals surface area contributed by atoms with Gasteiger partial charge in [-0.25, -0.2) is 13.4 Å². The standard InChI is InChI=1S/C18H23N5O2S2/c1-13-8-16(21-20-13)17-9-18(14(2)26-17)27(24,25)23-6-3-4-15(11-23)10-22-7-5-19-12-22/h5,7-9,12,15H,3-4,6,10-11H2,1-2H3,(H,20,21). The number of nitrogens with zero attached hydrogens (tertiary/aromatic N) is 4. The van der Waals surface area contributed by atoms with Gasteiger partial charge in [0.1, 0.15) is 5.69 Å².